The Hall–Kier alpha value is -3.10. The average molecular weight is 458 g/mol. The van der Waals surface area contributed by atoms with Gasteiger partial charge in [0.2, 0.25) is 0 Å². The number of hydrogen-bond donors (Lipinski definition) is 1. The second-order valence-corrected chi connectivity index (χ2v) is 8.89. The number of nitrogens with zero attached hydrogens (tertiary/aromatic N) is 2. The maximum absolute atomic E-state index is 13.1. The van der Waals surface area contributed by atoms with Crippen molar-refractivity contribution in [2.24, 2.45) is 0 Å². The van der Waals surface area contributed by atoms with Gasteiger partial charge in [-0.2, -0.15) is 0 Å². The van der Waals surface area contributed by atoms with Crippen molar-refractivity contribution < 1.29 is 28.7 Å². The van der Waals surface area contributed by atoms with Crippen molar-refractivity contribution in [3.05, 3.63) is 23.3 Å². The smallest absolute Gasteiger partial charge is 0.342 e. The molecule has 1 aromatic heterocycles. The number of anilines is 2. The zero-order valence-corrected chi connectivity index (χ0v) is 19.2. The highest BCUT2D eigenvalue weighted by atomic mass is 16.5. The first-order valence-electron chi connectivity index (χ1n) is 11.7. The van der Waals surface area contributed by atoms with Crippen LogP contribution in [0, 0.1) is 0 Å². The fraction of sp³-hybridized carbons (Fsp3) is 0.583. The van der Waals surface area contributed by atoms with Crippen LogP contribution in [0.5, 0.6) is 0 Å². The summed E-state index contributed by atoms with van der Waals surface area (Å²) in [6, 6.07) is 0.0312. The van der Waals surface area contributed by atoms with Crippen molar-refractivity contribution in [3.63, 3.8) is 0 Å². The van der Waals surface area contributed by atoms with Gasteiger partial charge >= 0.3 is 11.9 Å². The molecule has 9 heteroatoms. The summed E-state index contributed by atoms with van der Waals surface area (Å²) in [7, 11) is 2.46. The Bertz CT molecular complexity index is 965. The highest BCUT2D eigenvalue weighted by Crippen LogP contribution is 2.44. The summed E-state index contributed by atoms with van der Waals surface area (Å²) in [4.78, 5) is 52.6. The lowest BCUT2D eigenvalue weighted by Gasteiger charge is -2.32. The molecule has 0 atom stereocenters. The number of nitrogens with one attached hydrogen (secondary N) is 1. The van der Waals surface area contributed by atoms with Crippen molar-refractivity contribution in [1.82, 2.24) is 4.57 Å². The molecule has 2 amide bonds. The van der Waals surface area contributed by atoms with E-state index in [9.17, 15) is 19.2 Å². The van der Waals surface area contributed by atoms with Gasteiger partial charge in [-0.25, -0.2) is 14.5 Å². The molecule has 0 unspecified atom stereocenters. The summed E-state index contributed by atoms with van der Waals surface area (Å²) in [5.74, 6) is -2.09. The van der Waals surface area contributed by atoms with Crippen LogP contribution in [-0.4, -0.2) is 48.6 Å². The molecular formula is C24H31N3O6. The van der Waals surface area contributed by atoms with Gasteiger partial charge in [0.25, 0.3) is 11.8 Å². The first kappa shape index (κ1) is 23.1. The van der Waals surface area contributed by atoms with Crippen LogP contribution in [0.15, 0.2) is 12.2 Å². The van der Waals surface area contributed by atoms with Crippen molar-refractivity contribution >= 4 is 35.4 Å². The summed E-state index contributed by atoms with van der Waals surface area (Å²) in [5.41, 5.74) is -0.0957. The van der Waals surface area contributed by atoms with E-state index in [0.29, 0.717) is 5.82 Å². The minimum absolute atomic E-state index is 0.0167. The molecule has 0 spiro atoms. The minimum Gasteiger partial charge on any atom is -0.465 e. The van der Waals surface area contributed by atoms with Gasteiger partial charge in [-0.3, -0.25) is 9.59 Å². The molecular weight excluding hydrogens is 426 g/mol. The molecule has 0 radical (unpaired) electrons. The number of methoxy groups -OCH3 is 2. The molecule has 1 N–H and O–H groups in total. The van der Waals surface area contributed by atoms with Gasteiger partial charge in [0.05, 0.1) is 14.2 Å². The Morgan fingerprint density at radius 3 is 1.88 bits per heavy atom. The number of esters is 2. The van der Waals surface area contributed by atoms with Gasteiger partial charge < -0.3 is 19.4 Å². The van der Waals surface area contributed by atoms with Crippen LogP contribution in [0.1, 0.15) is 91.0 Å². The molecule has 3 aliphatic rings. The van der Waals surface area contributed by atoms with Crippen LogP contribution in [-0.2, 0) is 19.1 Å². The molecule has 2 aliphatic carbocycles. The summed E-state index contributed by atoms with van der Waals surface area (Å²) in [6.45, 7) is 0. The molecule has 0 bridgehead atoms. The predicted molar refractivity (Wildman–Crippen MR) is 121 cm³/mol. The van der Waals surface area contributed by atoms with Gasteiger partial charge in [-0.05, 0) is 25.7 Å². The molecule has 1 aliphatic heterocycles. The molecule has 9 nitrogen and oxygen atoms in total. The highest BCUT2D eigenvalue weighted by molar-refractivity contribution is 6.30. The van der Waals surface area contributed by atoms with Crippen LogP contribution in [0.2, 0.25) is 0 Å². The number of aromatic nitrogens is 1. The van der Waals surface area contributed by atoms with Crippen LogP contribution < -0.4 is 10.2 Å². The summed E-state index contributed by atoms with van der Waals surface area (Å²) >= 11 is 0. The van der Waals surface area contributed by atoms with E-state index in [1.54, 1.807) is 0 Å². The Balaban J connectivity index is 1.99. The van der Waals surface area contributed by atoms with Crippen LogP contribution >= 0.6 is 0 Å². The summed E-state index contributed by atoms with van der Waals surface area (Å²) < 4.78 is 11.9. The van der Waals surface area contributed by atoms with E-state index < -0.39 is 23.8 Å². The number of carbonyl (C=O) groups is 4. The molecule has 2 fully saturated rings. The van der Waals surface area contributed by atoms with Gasteiger partial charge in [0.1, 0.15) is 22.8 Å². The third-order valence-corrected chi connectivity index (χ3v) is 6.87. The van der Waals surface area contributed by atoms with Crippen LogP contribution in [0.25, 0.3) is 0 Å². The zero-order valence-electron chi connectivity index (χ0n) is 19.2. The van der Waals surface area contributed by atoms with E-state index in [0.717, 1.165) is 69.1 Å². The average Bonchev–Trinajstić information content (AvgIpc) is 3.35. The largest absolute Gasteiger partial charge is 0.465 e. The number of hydrogen-bond acceptors (Lipinski definition) is 7. The normalized spacial score (nSPS) is 19.8. The Morgan fingerprint density at radius 1 is 0.818 bits per heavy atom. The number of imide groups is 1. The van der Waals surface area contributed by atoms with Crippen molar-refractivity contribution in [1.29, 1.82) is 0 Å². The van der Waals surface area contributed by atoms with Gasteiger partial charge in [0.15, 0.2) is 0 Å². The van der Waals surface area contributed by atoms with E-state index in [2.05, 4.69) is 5.32 Å². The highest BCUT2D eigenvalue weighted by Gasteiger charge is 2.42. The van der Waals surface area contributed by atoms with E-state index in [-0.39, 0.29) is 29.0 Å². The Kier molecular flexibility index (Phi) is 6.85. The minimum atomic E-state index is -0.792. The number of ether oxygens (including phenoxy) is 2. The zero-order chi connectivity index (χ0) is 23.5. The van der Waals surface area contributed by atoms with Gasteiger partial charge in [0, 0.05) is 24.2 Å². The quantitative estimate of drug-likeness (QED) is 0.512. The van der Waals surface area contributed by atoms with Crippen LogP contribution in [0.4, 0.5) is 11.6 Å². The number of rotatable bonds is 6. The van der Waals surface area contributed by atoms with Gasteiger partial charge in [-0.1, -0.05) is 38.5 Å². The lowest BCUT2D eigenvalue weighted by atomic mass is 9.94. The van der Waals surface area contributed by atoms with E-state index >= 15 is 0 Å². The lowest BCUT2D eigenvalue weighted by Crippen LogP contribution is -2.34. The van der Waals surface area contributed by atoms with Crippen molar-refractivity contribution in [3.8, 4) is 0 Å². The fourth-order valence-corrected chi connectivity index (χ4v) is 5.28. The van der Waals surface area contributed by atoms with E-state index in [4.69, 9.17) is 9.47 Å². The molecule has 2 heterocycles. The first-order chi connectivity index (χ1) is 16.0. The topological polar surface area (TPSA) is 107 Å². The van der Waals surface area contributed by atoms with Crippen molar-refractivity contribution in [2.75, 3.05) is 24.4 Å². The number of carbonyl (C=O) groups excluding carboxylic acids is 4. The second kappa shape index (κ2) is 9.80. The summed E-state index contributed by atoms with van der Waals surface area (Å²) in [5, 5.41) is 3.51. The molecule has 178 valence electrons. The van der Waals surface area contributed by atoms with E-state index in [1.807, 2.05) is 4.57 Å². The second-order valence-electron chi connectivity index (χ2n) is 8.89. The van der Waals surface area contributed by atoms with Crippen LogP contribution in [0.3, 0.4) is 0 Å². The number of amides is 2. The maximum atomic E-state index is 13.1. The van der Waals surface area contributed by atoms with Crippen molar-refractivity contribution in [2.45, 2.75) is 76.3 Å². The van der Waals surface area contributed by atoms with E-state index in [1.165, 1.54) is 26.4 Å². The standard InChI is InChI=1S/C24H31N3O6/c1-32-23(30)19-20(24(31)33-2)22(27-17(28)13-14-18(27)29)26(16-11-7-4-8-12-16)21(19)25-15-9-5-3-6-10-15/h13-16,25H,3-12H2,1-2H3. The Morgan fingerprint density at radius 2 is 1.33 bits per heavy atom. The molecule has 33 heavy (non-hydrogen) atoms. The molecule has 2 saturated carbocycles. The monoisotopic (exact) mass is 457 g/mol. The summed E-state index contributed by atoms with van der Waals surface area (Å²) in [6.07, 6.45) is 12.2. The third kappa shape index (κ3) is 4.28. The first-order valence-corrected chi connectivity index (χ1v) is 11.7. The maximum Gasteiger partial charge on any atom is 0.342 e. The third-order valence-electron chi connectivity index (χ3n) is 6.87. The molecule has 4 rings (SSSR count). The lowest BCUT2D eigenvalue weighted by molar-refractivity contribution is -0.120. The Labute approximate surface area is 193 Å². The molecule has 1 aromatic rings. The SMILES string of the molecule is COC(=O)c1c(C(=O)OC)c(N2C(=O)C=CC2=O)n(C2CCCCC2)c1NC1CCCCC1. The fourth-order valence-electron chi connectivity index (χ4n) is 5.28. The van der Waals surface area contributed by atoms with Gasteiger partial charge in [-0.15, -0.1) is 0 Å². The molecule has 0 saturated heterocycles. The molecule has 0 aromatic carbocycles. The predicted octanol–water partition coefficient (Wildman–Crippen LogP) is 3.74.